The van der Waals surface area contributed by atoms with Crippen molar-refractivity contribution in [2.45, 2.75) is 71.1 Å². The number of ketones is 1. The van der Waals surface area contributed by atoms with Crippen LogP contribution in [0.1, 0.15) is 71.1 Å². The smallest absolute Gasteiger partial charge is 0.268 e. The average Bonchev–Trinajstić information content (AvgIpc) is 3.26. The predicted molar refractivity (Wildman–Crippen MR) is 93.7 cm³/mol. The minimum absolute atomic E-state index is 0.0890. The molecule has 2 aliphatic carbocycles. The summed E-state index contributed by atoms with van der Waals surface area (Å²) in [6.07, 6.45) is 9.32. The molecule has 0 spiro atoms. The van der Waals surface area contributed by atoms with E-state index < -0.39 is 11.7 Å². The molecule has 2 amide bonds. The van der Waals surface area contributed by atoms with Crippen LogP contribution in [0.4, 0.5) is 0 Å². The lowest BCUT2D eigenvalue weighted by molar-refractivity contribution is -0.141. The molecule has 3 atom stereocenters. The van der Waals surface area contributed by atoms with Crippen molar-refractivity contribution in [3.63, 3.8) is 0 Å². The Morgan fingerprint density at radius 2 is 1.96 bits per heavy atom. The van der Waals surface area contributed by atoms with E-state index in [0.717, 1.165) is 42.9 Å². The van der Waals surface area contributed by atoms with Gasteiger partial charge in [0.2, 0.25) is 5.91 Å². The number of hydrogen-bond donors (Lipinski definition) is 1. The fourth-order valence-electron chi connectivity index (χ4n) is 4.85. The number of imide groups is 1. The Balaban J connectivity index is 1.61. The molecule has 3 unspecified atom stereocenters. The summed E-state index contributed by atoms with van der Waals surface area (Å²) in [7, 11) is 0. The largest absolute Gasteiger partial charge is 0.511 e. The topological polar surface area (TPSA) is 74.7 Å². The van der Waals surface area contributed by atoms with Gasteiger partial charge >= 0.3 is 0 Å². The minimum atomic E-state index is -0.592. The molecule has 1 saturated heterocycles. The molecule has 0 aromatic rings. The highest BCUT2D eigenvalue weighted by atomic mass is 16.3. The van der Waals surface area contributed by atoms with Crippen LogP contribution in [0.5, 0.6) is 0 Å². The number of carbonyl (C=O) groups excluding carboxylic acids is 3. The summed E-state index contributed by atoms with van der Waals surface area (Å²) in [6.45, 7) is 1.89. The first-order valence-electron chi connectivity index (χ1n) is 9.81. The Hall–Kier alpha value is -1.65. The lowest BCUT2D eigenvalue weighted by atomic mass is 9.85. The van der Waals surface area contributed by atoms with Crippen LogP contribution in [0, 0.1) is 17.8 Å². The Morgan fingerprint density at radius 3 is 2.60 bits per heavy atom. The van der Waals surface area contributed by atoms with Crippen molar-refractivity contribution >= 4 is 17.6 Å². The zero-order chi connectivity index (χ0) is 18.0. The molecular weight excluding hydrogens is 318 g/mol. The van der Waals surface area contributed by atoms with E-state index in [-0.39, 0.29) is 23.8 Å². The molecule has 2 bridgehead atoms. The summed E-state index contributed by atoms with van der Waals surface area (Å²) in [4.78, 5) is 38.0. The second-order valence-corrected chi connectivity index (χ2v) is 7.98. The molecule has 5 nitrogen and oxygen atoms in total. The second kappa shape index (κ2) is 7.71. The van der Waals surface area contributed by atoms with E-state index >= 15 is 0 Å². The van der Waals surface area contributed by atoms with Crippen molar-refractivity contribution < 1.29 is 19.5 Å². The molecule has 0 aromatic carbocycles. The van der Waals surface area contributed by atoms with Gasteiger partial charge in [0.15, 0.2) is 5.78 Å². The Morgan fingerprint density at radius 1 is 1.16 bits per heavy atom. The van der Waals surface area contributed by atoms with Crippen LogP contribution in [0.15, 0.2) is 11.3 Å². The molecular formula is C20H29NO4. The Kier molecular flexibility index (Phi) is 5.60. The summed E-state index contributed by atoms with van der Waals surface area (Å²) in [5.74, 6) is 0.370. The lowest BCUT2D eigenvalue weighted by Crippen LogP contribution is -2.32. The first-order chi connectivity index (χ1) is 12.0. The predicted octanol–water partition coefficient (Wildman–Crippen LogP) is 3.53. The van der Waals surface area contributed by atoms with Crippen LogP contribution >= 0.6 is 0 Å². The minimum Gasteiger partial charge on any atom is -0.511 e. The average molecular weight is 347 g/mol. The SMILES string of the molecule is CCCCCCC(=O)N1CC(=O)/C(=C(/O)CC2CC3CCC2C3)C1=O. The number of aliphatic hydroxyl groups excluding tert-OH is 1. The molecule has 2 saturated carbocycles. The van der Waals surface area contributed by atoms with Crippen molar-refractivity contribution in [3.05, 3.63) is 11.3 Å². The maximum Gasteiger partial charge on any atom is 0.268 e. The molecule has 3 aliphatic rings. The van der Waals surface area contributed by atoms with E-state index in [0.29, 0.717) is 24.7 Å². The summed E-state index contributed by atoms with van der Waals surface area (Å²) in [5, 5.41) is 10.4. The summed E-state index contributed by atoms with van der Waals surface area (Å²) >= 11 is 0. The second-order valence-electron chi connectivity index (χ2n) is 7.98. The van der Waals surface area contributed by atoms with E-state index in [1.807, 2.05) is 0 Å². The first kappa shape index (κ1) is 18.2. The molecule has 1 N–H and O–H groups in total. The van der Waals surface area contributed by atoms with Crippen LogP contribution in [-0.4, -0.2) is 34.1 Å². The standard InChI is InChI=1S/C20H29NO4/c1-2-3-4-5-6-18(24)21-12-17(23)19(20(21)25)16(22)11-15-10-13-7-8-14(15)9-13/h13-15,22H,2-12H2,1H3/b19-16-. The quantitative estimate of drug-likeness (QED) is 0.331. The summed E-state index contributed by atoms with van der Waals surface area (Å²) < 4.78 is 0. The van der Waals surface area contributed by atoms with Crippen molar-refractivity contribution in [1.29, 1.82) is 0 Å². The number of unbranched alkanes of at least 4 members (excludes halogenated alkanes) is 3. The van der Waals surface area contributed by atoms with Crippen molar-refractivity contribution in [2.75, 3.05) is 6.54 Å². The maximum absolute atomic E-state index is 12.5. The van der Waals surface area contributed by atoms with E-state index in [1.165, 1.54) is 19.3 Å². The first-order valence-corrected chi connectivity index (χ1v) is 9.81. The van der Waals surface area contributed by atoms with Gasteiger partial charge in [-0.25, -0.2) is 0 Å². The highest BCUT2D eigenvalue weighted by Gasteiger charge is 2.43. The molecule has 5 heteroatoms. The van der Waals surface area contributed by atoms with Gasteiger partial charge in [-0.2, -0.15) is 0 Å². The number of nitrogens with zero attached hydrogens (tertiary/aromatic N) is 1. The number of likely N-dealkylation sites (tertiary alicyclic amines) is 1. The molecule has 3 rings (SSSR count). The van der Waals surface area contributed by atoms with Gasteiger partial charge in [0.1, 0.15) is 11.3 Å². The molecule has 25 heavy (non-hydrogen) atoms. The molecule has 1 heterocycles. The maximum atomic E-state index is 12.5. The third kappa shape index (κ3) is 3.80. The summed E-state index contributed by atoms with van der Waals surface area (Å²) in [5.41, 5.74) is -0.135. The highest BCUT2D eigenvalue weighted by Crippen LogP contribution is 2.50. The van der Waals surface area contributed by atoms with Gasteiger partial charge < -0.3 is 5.11 Å². The van der Waals surface area contributed by atoms with Gasteiger partial charge in [-0.1, -0.05) is 32.6 Å². The van der Waals surface area contributed by atoms with Gasteiger partial charge in [-0.05, 0) is 43.4 Å². The van der Waals surface area contributed by atoms with E-state index in [2.05, 4.69) is 6.92 Å². The van der Waals surface area contributed by atoms with Crippen LogP contribution in [0.25, 0.3) is 0 Å². The van der Waals surface area contributed by atoms with E-state index in [9.17, 15) is 19.5 Å². The number of hydrogen-bond acceptors (Lipinski definition) is 4. The number of fused-ring (bicyclic) bond motifs is 2. The highest BCUT2D eigenvalue weighted by molar-refractivity contribution is 6.29. The molecule has 1 aliphatic heterocycles. The van der Waals surface area contributed by atoms with Crippen LogP contribution in [-0.2, 0) is 14.4 Å². The molecule has 138 valence electrons. The Labute approximate surface area is 149 Å². The van der Waals surface area contributed by atoms with Crippen LogP contribution in [0.3, 0.4) is 0 Å². The van der Waals surface area contributed by atoms with Gasteiger partial charge in [0.05, 0.1) is 6.54 Å². The van der Waals surface area contributed by atoms with Gasteiger partial charge in [0.25, 0.3) is 5.91 Å². The number of carbonyl (C=O) groups is 3. The van der Waals surface area contributed by atoms with Crippen LogP contribution in [0.2, 0.25) is 0 Å². The number of amides is 2. The van der Waals surface area contributed by atoms with Crippen molar-refractivity contribution in [3.8, 4) is 0 Å². The Bertz CT molecular complexity index is 595. The monoisotopic (exact) mass is 347 g/mol. The number of Topliss-reactive ketones (excluding diaryl/α,β-unsaturated/α-hetero) is 1. The molecule has 0 aromatic heterocycles. The van der Waals surface area contributed by atoms with Gasteiger partial charge in [0, 0.05) is 12.8 Å². The fraction of sp³-hybridized carbons (Fsp3) is 0.750. The normalized spacial score (nSPS) is 30.4. The van der Waals surface area contributed by atoms with Crippen LogP contribution < -0.4 is 0 Å². The number of aliphatic hydroxyl groups is 1. The summed E-state index contributed by atoms with van der Waals surface area (Å²) in [6, 6.07) is 0. The van der Waals surface area contributed by atoms with Crippen molar-refractivity contribution in [1.82, 2.24) is 4.90 Å². The number of allylic oxidation sites excluding steroid dienone is 1. The fourth-order valence-corrected chi connectivity index (χ4v) is 4.85. The third-order valence-electron chi connectivity index (χ3n) is 6.21. The van der Waals surface area contributed by atoms with Gasteiger partial charge in [-0.3, -0.25) is 19.3 Å². The lowest BCUT2D eigenvalue weighted by Gasteiger charge is -2.21. The van der Waals surface area contributed by atoms with E-state index in [4.69, 9.17) is 0 Å². The molecule has 0 radical (unpaired) electrons. The third-order valence-corrected chi connectivity index (χ3v) is 6.21. The zero-order valence-electron chi connectivity index (χ0n) is 15.1. The van der Waals surface area contributed by atoms with Crippen molar-refractivity contribution in [2.24, 2.45) is 17.8 Å². The number of rotatable bonds is 7. The molecule has 3 fully saturated rings. The zero-order valence-corrected chi connectivity index (χ0v) is 15.1. The van der Waals surface area contributed by atoms with Gasteiger partial charge in [-0.15, -0.1) is 0 Å². The van der Waals surface area contributed by atoms with E-state index in [1.54, 1.807) is 0 Å².